The zero-order valence-electron chi connectivity index (χ0n) is 14.7. The molecule has 0 atom stereocenters. The molecule has 1 aliphatic heterocycles. The van der Waals surface area contributed by atoms with Crippen LogP contribution in [0.2, 0.25) is 5.02 Å². The molecule has 0 unspecified atom stereocenters. The van der Waals surface area contributed by atoms with Gasteiger partial charge in [-0.2, -0.15) is 0 Å². The molecule has 0 radical (unpaired) electrons. The van der Waals surface area contributed by atoms with Crippen LogP contribution >= 0.6 is 11.6 Å². The summed E-state index contributed by atoms with van der Waals surface area (Å²) >= 11 is 5.98. The Bertz CT molecular complexity index is 701. The number of halogens is 1. The van der Waals surface area contributed by atoms with Crippen molar-refractivity contribution in [2.75, 3.05) is 39.6 Å². The van der Waals surface area contributed by atoms with Crippen molar-refractivity contribution in [3.63, 3.8) is 0 Å². The average Bonchev–Trinajstić information content (AvgIpc) is 2.58. The van der Waals surface area contributed by atoms with E-state index in [1.54, 1.807) is 7.05 Å². The highest BCUT2D eigenvalue weighted by atomic mass is 35.5. The summed E-state index contributed by atoms with van der Waals surface area (Å²) < 4.78 is 29.1. The summed E-state index contributed by atoms with van der Waals surface area (Å²) in [5, 5.41) is 7.09. The number of hydrogen-bond acceptors (Lipinski definition) is 4. The maximum absolute atomic E-state index is 12.3. The van der Waals surface area contributed by atoms with Crippen molar-refractivity contribution in [3.8, 4) is 0 Å². The molecule has 1 fully saturated rings. The number of benzene rings is 1. The number of rotatable bonds is 6. The summed E-state index contributed by atoms with van der Waals surface area (Å²) in [5.74, 6) is 0.594. The smallest absolute Gasteiger partial charge is 0.191 e. The maximum atomic E-state index is 12.3. The van der Waals surface area contributed by atoms with E-state index in [0.717, 1.165) is 17.0 Å². The molecule has 0 saturated carbocycles. The lowest BCUT2D eigenvalue weighted by atomic mass is 9.99. The fraction of sp³-hybridized carbons (Fsp3) is 0.588. The fourth-order valence-electron chi connectivity index (χ4n) is 2.91. The molecule has 1 heterocycles. The molecule has 1 aromatic carbocycles. The van der Waals surface area contributed by atoms with Gasteiger partial charge in [0.1, 0.15) is 0 Å². The van der Waals surface area contributed by atoms with E-state index >= 15 is 0 Å². The van der Waals surface area contributed by atoms with Gasteiger partial charge in [-0.25, -0.2) is 8.42 Å². The molecule has 0 aliphatic carbocycles. The van der Waals surface area contributed by atoms with E-state index in [-0.39, 0.29) is 0 Å². The number of hydrogen-bond donors (Lipinski definition) is 2. The van der Waals surface area contributed by atoms with Crippen molar-refractivity contribution in [1.29, 1.82) is 0 Å². The first-order valence-corrected chi connectivity index (χ1v) is 10.6. The van der Waals surface area contributed by atoms with Crippen molar-refractivity contribution in [1.82, 2.24) is 10.6 Å². The van der Waals surface area contributed by atoms with E-state index in [2.05, 4.69) is 15.6 Å². The van der Waals surface area contributed by atoms with E-state index in [9.17, 15) is 8.42 Å². The third-order valence-electron chi connectivity index (χ3n) is 4.59. The third kappa shape index (κ3) is 5.59. The first-order chi connectivity index (χ1) is 11.9. The Labute approximate surface area is 154 Å². The van der Waals surface area contributed by atoms with Crippen LogP contribution in [0.4, 0.5) is 0 Å². The lowest BCUT2D eigenvalue weighted by Gasteiger charge is -2.35. The van der Waals surface area contributed by atoms with Gasteiger partial charge in [0.25, 0.3) is 0 Å². The lowest BCUT2D eigenvalue weighted by Crippen LogP contribution is -2.53. The van der Waals surface area contributed by atoms with E-state index in [4.69, 9.17) is 16.3 Å². The van der Waals surface area contributed by atoms with E-state index < -0.39 is 14.6 Å². The Balaban J connectivity index is 1.88. The van der Waals surface area contributed by atoms with Crippen LogP contribution < -0.4 is 10.6 Å². The van der Waals surface area contributed by atoms with Crippen molar-refractivity contribution in [3.05, 3.63) is 34.9 Å². The first-order valence-electron chi connectivity index (χ1n) is 8.33. The summed E-state index contributed by atoms with van der Waals surface area (Å²) in [4.78, 5) is 4.18. The van der Waals surface area contributed by atoms with Crippen LogP contribution in [0.3, 0.4) is 0 Å². The molecule has 6 nitrogen and oxygen atoms in total. The van der Waals surface area contributed by atoms with Crippen molar-refractivity contribution >= 4 is 27.4 Å². The number of guanidine groups is 1. The maximum Gasteiger partial charge on any atom is 0.191 e. The second-order valence-electron chi connectivity index (χ2n) is 6.30. The van der Waals surface area contributed by atoms with Crippen LogP contribution in [-0.2, 0) is 21.0 Å². The summed E-state index contributed by atoms with van der Waals surface area (Å²) in [6, 6.07) is 7.72. The van der Waals surface area contributed by atoms with Gasteiger partial charge < -0.3 is 15.4 Å². The largest absolute Gasteiger partial charge is 0.381 e. The highest BCUT2D eigenvalue weighted by Crippen LogP contribution is 2.28. The molecule has 0 aromatic heterocycles. The zero-order chi connectivity index (χ0) is 18.3. The minimum absolute atomic E-state index is 0.325. The van der Waals surface area contributed by atoms with Gasteiger partial charge in [-0.3, -0.25) is 4.99 Å². The van der Waals surface area contributed by atoms with Gasteiger partial charge in [0, 0.05) is 44.6 Å². The predicted molar refractivity (Wildman–Crippen MR) is 102 cm³/mol. The van der Waals surface area contributed by atoms with Crippen molar-refractivity contribution in [2.45, 2.75) is 24.0 Å². The zero-order valence-corrected chi connectivity index (χ0v) is 16.3. The number of nitrogens with one attached hydrogen (secondary N) is 2. The van der Waals surface area contributed by atoms with Gasteiger partial charge in [-0.05, 0) is 37.0 Å². The highest BCUT2D eigenvalue weighted by molar-refractivity contribution is 7.92. The molecule has 2 rings (SSSR count). The second-order valence-corrected chi connectivity index (χ2v) is 9.15. The Hall–Kier alpha value is -1.31. The van der Waals surface area contributed by atoms with Crippen molar-refractivity contribution < 1.29 is 13.2 Å². The van der Waals surface area contributed by atoms with E-state index in [1.807, 2.05) is 24.3 Å². The topological polar surface area (TPSA) is 79.8 Å². The Kier molecular flexibility index (Phi) is 7.10. The number of nitrogens with zero attached hydrogens (tertiary/aromatic N) is 1. The van der Waals surface area contributed by atoms with Crippen LogP contribution in [-0.4, -0.2) is 58.7 Å². The molecule has 1 aliphatic rings. The third-order valence-corrected chi connectivity index (χ3v) is 6.95. The molecule has 0 amide bonds. The van der Waals surface area contributed by atoms with E-state index in [1.165, 1.54) is 6.26 Å². The molecular weight excluding hydrogens is 362 g/mol. The SMILES string of the molecule is CN=C(NCCc1cccc(Cl)c1)NCC1(S(C)(=O)=O)CCOCC1. The van der Waals surface area contributed by atoms with Crippen LogP contribution in [0, 0.1) is 0 Å². The standard InChI is InChI=1S/C17H26ClN3O3S/c1-19-16(20-9-6-14-4-3-5-15(18)12-14)21-13-17(25(2,22)23)7-10-24-11-8-17/h3-5,12H,6-11,13H2,1-2H3,(H2,19,20,21). The van der Waals surface area contributed by atoms with Gasteiger partial charge in [-0.1, -0.05) is 23.7 Å². The number of aliphatic imine (C=N–C) groups is 1. The monoisotopic (exact) mass is 387 g/mol. The summed E-state index contributed by atoms with van der Waals surface area (Å²) in [5.41, 5.74) is 1.13. The number of sulfone groups is 1. The predicted octanol–water partition coefficient (Wildman–Crippen LogP) is 1.64. The molecule has 25 heavy (non-hydrogen) atoms. The normalized spacial score (nSPS) is 18.0. The first kappa shape index (κ1) is 20.0. The molecule has 1 aromatic rings. The summed E-state index contributed by atoms with van der Waals surface area (Å²) in [6.45, 7) is 1.94. The van der Waals surface area contributed by atoms with Gasteiger partial charge in [0.15, 0.2) is 15.8 Å². The quantitative estimate of drug-likeness (QED) is 0.573. The molecule has 2 N–H and O–H groups in total. The number of ether oxygens (including phenoxy) is 1. The van der Waals surface area contributed by atoms with Gasteiger partial charge in [0.05, 0.1) is 4.75 Å². The van der Waals surface area contributed by atoms with Crippen LogP contribution in [0.1, 0.15) is 18.4 Å². The van der Waals surface area contributed by atoms with Crippen LogP contribution in [0.25, 0.3) is 0 Å². The molecule has 1 saturated heterocycles. The van der Waals surface area contributed by atoms with E-state index in [0.29, 0.717) is 45.1 Å². The summed E-state index contributed by atoms with van der Waals surface area (Å²) in [7, 11) is -1.53. The Morgan fingerprint density at radius 1 is 1.32 bits per heavy atom. The molecule has 140 valence electrons. The van der Waals surface area contributed by atoms with Crippen molar-refractivity contribution in [2.24, 2.45) is 4.99 Å². The van der Waals surface area contributed by atoms with Gasteiger partial charge in [-0.15, -0.1) is 0 Å². The highest BCUT2D eigenvalue weighted by Gasteiger charge is 2.42. The lowest BCUT2D eigenvalue weighted by molar-refractivity contribution is 0.0756. The molecular formula is C17H26ClN3O3S. The molecule has 0 spiro atoms. The molecule has 8 heteroatoms. The fourth-order valence-corrected chi connectivity index (χ4v) is 4.36. The second kappa shape index (κ2) is 8.87. The van der Waals surface area contributed by atoms with Crippen LogP contribution in [0.15, 0.2) is 29.3 Å². The van der Waals surface area contributed by atoms with Gasteiger partial charge >= 0.3 is 0 Å². The van der Waals surface area contributed by atoms with Crippen LogP contribution in [0.5, 0.6) is 0 Å². The average molecular weight is 388 g/mol. The molecule has 0 bridgehead atoms. The Morgan fingerprint density at radius 2 is 2.04 bits per heavy atom. The minimum atomic E-state index is -3.20. The Morgan fingerprint density at radius 3 is 2.64 bits per heavy atom. The summed E-state index contributed by atoms with van der Waals surface area (Å²) in [6.07, 6.45) is 3.10. The van der Waals surface area contributed by atoms with Gasteiger partial charge in [0.2, 0.25) is 0 Å². The minimum Gasteiger partial charge on any atom is -0.381 e.